The molecule has 0 atom stereocenters. The Balaban J connectivity index is 1.71. The molecule has 6 heteroatoms. The van der Waals surface area contributed by atoms with E-state index in [0.717, 1.165) is 11.1 Å². The lowest BCUT2D eigenvalue weighted by atomic mass is 10.1. The van der Waals surface area contributed by atoms with E-state index in [4.69, 9.17) is 14.7 Å². The predicted octanol–water partition coefficient (Wildman–Crippen LogP) is 4.86. The molecule has 6 nitrogen and oxygen atoms in total. The van der Waals surface area contributed by atoms with E-state index in [1.165, 1.54) is 18.2 Å². The minimum Gasteiger partial charge on any atom is -0.733 e. The summed E-state index contributed by atoms with van der Waals surface area (Å²) in [6, 6.07) is 20.7. The van der Waals surface area contributed by atoms with Crippen LogP contribution in [0.25, 0.3) is 6.08 Å². The number of nitrogens with zero attached hydrogens (tertiary/aromatic N) is 1. The third-order valence-electron chi connectivity index (χ3n) is 4.24. The molecule has 0 saturated carbocycles. The number of allylic oxidation sites excluding steroid dienone is 1. The Morgan fingerprint density at radius 1 is 1.07 bits per heavy atom. The van der Waals surface area contributed by atoms with Crippen molar-refractivity contribution in [3.63, 3.8) is 0 Å². The Labute approximate surface area is 168 Å². The van der Waals surface area contributed by atoms with Crippen molar-refractivity contribution < 1.29 is 19.5 Å². The molecule has 3 aromatic carbocycles. The van der Waals surface area contributed by atoms with Crippen LogP contribution in [0.15, 0.2) is 78.9 Å². The molecule has 0 saturated heterocycles. The molecule has 0 bridgehead atoms. The summed E-state index contributed by atoms with van der Waals surface area (Å²) in [6.45, 7) is 0.233. The molecular formula is C23H20NO5-. The summed E-state index contributed by atoms with van der Waals surface area (Å²) in [7, 11) is 1.58. The molecule has 0 heterocycles. The zero-order valence-electron chi connectivity index (χ0n) is 15.8. The van der Waals surface area contributed by atoms with Gasteiger partial charge in [0, 0.05) is 11.1 Å². The molecule has 3 aromatic rings. The van der Waals surface area contributed by atoms with Gasteiger partial charge in [0.25, 0.3) is 0 Å². The zero-order chi connectivity index (χ0) is 20.6. The summed E-state index contributed by atoms with van der Waals surface area (Å²) in [5, 5.41) is 19.5. The molecule has 0 unspecified atom stereocenters. The Hall–Kier alpha value is -3.61. The Kier molecular flexibility index (Phi) is 6.63. The van der Waals surface area contributed by atoms with Crippen LogP contribution in [0.4, 0.5) is 5.69 Å². The summed E-state index contributed by atoms with van der Waals surface area (Å²) in [4.78, 5) is 12.2. The third-order valence-corrected chi connectivity index (χ3v) is 4.24. The van der Waals surface area contributed by atoms with Gasteiger partial charge in [-0.2, -0.15) is 0 Å². The topological polar surface area (TPSA) is 82.1 Å². The third kappa shape index (κ3) is 5.44. The zero-order valence-corrected chi connectivity index (χ0v) is 15.8. The van der Waals surface area contributed by atoms with Gasteiger partial charge in [0.1, 0.15) is 18.1 Å². The van der Waals surface area contributed by atoms with Crippen molar-refractivity contribution >= 4 is 17.5 Å². The number of carbonyl (C=O) groups excluding carboxylic acids is 1. The van der Waals surface area contributed by atoms with Crippen molar-refractivity contribution in [1.82, 2.24) is 0 Å². The monoisotopic (exact) mass is 390 g/mol. The SMILES string of the molecule is COc1ccc(C=CC(=O)c2ccccc2)cc1COc1ccc(N([O-])O)cc1. The van der Waals surface area contributed by atoms with E-state index < -0.39 is 0 Å². The highest BCUT2D eigenvalue weighted by atomic mass is 16.8. The maximum absolute atomic E-state index is 12.2. The lowest BCUT2D eigenvalue weighted by Crippen LogP contribution is -2.06. The van der Waals surface area contributed by atoms with Gasteiger partial charge in [-0.15, -0.1) is 0 Å². The number of anilines is 1. The van der Waals surface area contributed by atoms with Crippen LogP contribution in [0.2, 0.25) is 0 Å². The summed E-state index contributed by atoms with van der Waals surface area (Å²) in [6.07, 6.45) is 3.28. The maximum atomic E-state index is 12.2. The molecular weight excluding hydrogens is 370 g/mol. The van der Waals surface area contributed by atoms with Crippen LogP contribution >= 0.6 is 0 Å². The summed E-state index contributed by atoms with van der Waals surface area (Å²) >= 11 is 0. The number of benzene rings is 3. The highest BCUT2D eigenvalue weighted by molar-refractivity contribution is 6.06. The molecule has 3 rings (SSSR count). The van der Waals surface area contributed by atoms with E-state index in [0.29, 0.717) is 17.1 Å². The first-order chi connectivity index (χ1) is 14.1. The predicted molar refractivity (Wildman–Crippen MR) is 111 cm³/mol. The number of ketones is 1. The molecule has 29 heavy (non-hydrogen) atoms. The lowest BCUT2D eigenvalue weighted by Gasteiger charge is -2.21. The van der Waals surface area contributed by atoms with E-state index in [1.807, 2.05) is 36.4 Å². The fourth-order valence-electron chi connectivity index (χ4n) is 2.72. The van der Waals surface area contributed by atoms with Gasteiger partial charge in [0.2, 0.25) is 0 Å². The number of hydrogen-bond acceptors (Lipinski definition) is 6. The van der Waals surface area contributed by atoms with Crippen LogP contribution in [-0.2, 0) is 6.61 Å². The molecule has 0 aliphatic rings. The van der Waals surface area contributed by atoms with Crippen LogP contribution < -0.4 is 14.7 Å². The van der Waals surface area contributed by atoms with Crippen LogP contribution in [0.3, 0.4) is 0 Å². The van der Waals surface area contributed by atoms with E-state index >= 15 is 0 Å². The quantitative estimate of drug-likeness (QED) is 0.336. The summed E-state index contributed by atoms with van der Waals surface area (Å²) in [5.41, 5.74) is 2.39. The smallest absolute Gasteiger partial charge is 0.185 e. The molecule has 1 N–H and O–H groups in total. The number of methoxy groups -OCH3 is 1. The van der Waals surface area contributed by atoms with Gasteiger partial charge in [-0.3, -0.25) is 10.0 Å². The van der Waals surface area contributed by atoms with Gasteiger partial charge < -0.3 is 19.9 Å². The second-order valence-electron chi connectivity index (χ2n) is 6.19. The second kappa shape index (κ2) is 9.54. The maximum Gasteiger partial charge on any atom is 0.185 e. The van der Waals surface area contributed by atoms with Crippen LogP contribution in [0.5, 0.6) is 11.5 Å². The average Bonchev–Trinajstić information content (AvgIpc) is 2.77. The molecule has 0 amide bonds. The van der Waals surface area contributed by atoms with E-state index in [1.54, 1.807) is 37.5 Å². The minimum atomic E-state index is -0.209. The van der Waals surface area contributed by atoms with E-state index in [-0.39, 0.29) is 23.3 Å². The summed E-state index contributed by atoms with van der Waals surface area (Å²) in [5.74, 6) is 1.13. The first-order valence-corrected chi connectivity index (χ1v) is 8.90. The van der Waals surface area contributed by atoms with Crippen molar-refractivity contribution in [2.24, 2.45) is 0 Å². The molecule has 0 aliphatic heterocycles. The molecule has 0 fully saturated rings. The van der Waals surface area contributed by atoms with Crippen molar-refractivity contribution in [3.05, 3.63) is 101 Å². The van der Waals surface area contributed by atoms with Gasteiger partial charge in [0.05, 0.1) is 12.8 Å². The van der Waals surface area contributed by atoms with Gasteiger partial charge in [-0.05, 0) is 48.0 Å². The van der Waals surface area contributed by atoms with Crippen molar-refractivity contribution in [1.29, 1.82) is 0 Å². The highest BCUT2D eigenvalue weighted by Gasteiger charge is 2.06. The van der Waals surface area contributed by atoms with E-state index in [2.05, 4.69) is 0 Å². The highest BCUT2D eigenvalue weighted by Crippen LogP contribution is 2.24. The lowest BCUT2D eigenvalue weighted by molar-refractivity contribution is 0.104. The fraction of sp³-hybridized carbons (Fsp3) is 0.0870. The molecule has 0 spiro atoms. The number of carbonyl (C=O) groups is 1. The molecule has 0 aromatic heterocycles. The normalized spacial score (nSPS) is 10.7. The van der Waals surface area contributed by atoms with Crippen molar-refractivity contribution in [2.75, 3.05) is 12.3 Å². The average molecular weight is 390 g/mol. The fourth-order valence-corrected chi connectivity index (χ4v) is 2.72. The van der Waals surface area contributed by atoms with Crippen LogP contribution in [0, 0.1) is 5.21 Å². The van der Waals surface area contributed by atoms with Gasteiger partial charge in [-0.25, -0.2) is 0 Å². The van der Waals surface area contributed by atoms with Gasteiger partial charge in [-0.1, -0.05) is 42.5 Å². The van der Waals surface area contributed by atoms with Gasteiger partial charge >= 0.3 is 0 Å². The molecule has 0 aliphatic carbocycles. The Morgan fingerprint density at radius 2 is 1.79 bits per heavy atom. The first kappa shape index (κ1) is 20.1. The largest absolute Gasteiger partial charge is 0.733 e. The van der Waals surface area contributed by atoms with Crippen molar-refractivity contribution in [2.45, 2.75) is 6.61 Å². The summed E-state index contributed by atoms with van der Waals surface area (Å²) < 4.78 is 11.1. The minimum absolute atomic E-state index is 0.0735. The second-order valence-corrected chi connectivity index (χ2v) is 6.19. The number of ether oxygens (including phenoxy) is 2. The molecule has 148 valence electrons. The van der Waals surface area contributed by atoms with Gasteiger partial charge in [0.15, 0.2) is 5.78 Å². The van der Waals surface area contributed by atoms with Crippen LogP contribution in [0.1, 0.15) is 21.5 Å². The van der Waals surface area contributed by atoms with E-state index in [9.17, 15) is 10.0 Å². The molecule has 0 radical (unpaired) electrons. The Morgan fingerprint density at radius 3 is 2.45 bits per heavy atom. The number of hydrogen-bond donors (Lipinski definition) is 1. The Bertz CT molecular complexity index is 982. The number of rotatable bonds is 8. The standard InChI is InChI=1S/C23H20NO5/c1-28-23-14-8-17(7-13-22(25)18-5-3-2-4-6-18)15-19(23)16-29-21-11-9-20(10-12-21)24(26)27/h2-15,26H,16H2,1H3/q-1. The first-order valence-electron chi connectivity index (χ1n) is 8.90. The van der Waals surface area contributed by atoms with Crippen molar-refractivity contribution in [3.8, 4) is 11.5 Å². The van der Waals surface area contributed by atoms with Crippen LogP contribution in [-0.4, -0.2) is 18.1 Å².